The van der Waals surface area contributed by atoms with Crippen LogP contribution in [0.15, 0.2) is 78.0 Å². The molecule has 3 atom stereocenters. The third-order valence-electron chi connectivity index (χ3n) is 8.29. The molecular formula is C30H29F6NO4. The molecule has 1 saturated carbocycles. The fourth-order valence-corrected chi connectivity index (χ4v) is 5.83. The number of aliphatic hydroxyl groups is 1. The first-order valence-electron chi connectivity index (χ1n) is 13.2. The Morgan fingerprint density at radius 1 is 1.02 bits per heavy atom. The molecule has 41 heavy (non-hydrogen) atoms. The molecule has 2 fully saturated rings. The van der Waals surface area contributed by atoms with Crippen molar-refractivity contribution < 1.29 is 45.7 Å². The Kier molecular flexibility index (Phi) is 7.38. The van der Waals surface area contributed by atoms with Crippen LogP contribution >= 0.6 is 0 Å². The van der Waals surface area contributed by atoms with Crippen molar-refractivity contribution in [3.8, 4) is 11.5 Å². The van der Waals surface area contributed by atoms with E-state index in [-0.39, 0.29) is 42.7 Å². The summed E-state index contributed by atoms with van der Waals surface area (Å²) in [4.78, 5) is 15.1. The number of likely N-dealkylation sites (tertiary alicyclic amines) is 1. The molecule has 2 aromatic carbocycles. The van der Waals surface area contributed by atoms with Gasteiger partial charge in [0, 0.05) is 29.6 Å². The number of carbonyl (C=O) groups excluding carboxylic acids is 1. The molecule has 2 unspecified atom stereocenters. The molecule has 0 radical (unpaired) electrons. The highest BCUT2D eigenvalue weighted by Gasteiger charge is 2.73. The molecule has 1 amide bonds. The normalized spacial score (nSPS) is 24.6. The number of methoxy groups -OCH3 is 1. The second-order valence-corrected chi connectivity index (χ2v) is 10.9. The van der Waals surface area contributed by atoms with Crippen LogP contribution in [0.1, 0.15) is 31.2 Å². The predicted molar refractivity (Wildman–Crippen MR) is 137 cm³/mol. The lowest BCUT2D eigenvalue weighted by atomic mass is 9.78. The molecule has 1 spiro atoms. The molecule has 1 N–H and O–H groups in total. The predicted octanol–water partition coefficient (Wildman–Crippen LogP) is 6.38. The highest BCUT2D eigenvalue weighted by molar-refractivity contribution is 5.81. The summed E-state index contributed by atoms with van der Waals surface area (Å²) in [6, 6.07) is 15.9. The Balaban J connectivity index is 1.47. The Morgan fingerprint density at radius 2 is 1.71 bits per heavy atom. The van der Waals surface area contributed by atoms with Crippen molar-refractivity contribution in [3.63, 3.8) is 0 Å². The highest BCUT2D eigenvalue weighted by atomic mass is 19.4. The summed E-state index contributed by atoms with van der Waals surface area (Å²) in [7, 11) is 1.52. The van der Waals surface area contributed by atoms with Gasteiger partial charge >= 0.3 is 12.4 Å². The van der Waals surface area contributed by atoms with Crippen molar-refractivity contribution in [2.24, 2.45) is 11.3 Å². The zero-order chi connectivity index (χ0) is 29.6. The number of ether oxygens (including phenoxy) is 2. The van der Waals surface area contributed by atoms with E-state index in [0.717, 1.165) is 11.6 Å². The van der Waals surface area contributed by atoms with Crippen molar-refractivity contribution in [1.82, 2.24) is 4.90 Å². The molecule has 1 saturated heterocycles. The maximum atomic E-state index is 13.7. The Morgan fingerprint density at radius 3 is 2.37 bits per heavy atom. The molecule has 5 rings (SSSR count). The van der Waals surface area contributed by atoms with E-state index in [0.29, 0.717) is 24.3 Å². The monoisotopic (exact) mass is 581 g/mol. The van der Waals surface area contributed by atoms with E-state index in [1.807, 2.05) is 0 Å². The van der Waals surface area contributed by atoms with Gasteiger partial charge in [-0.1, -0.05) is 48.6 Å². The fourth-order valence-electron chi connectivity index (χ4n) is 5.83. The van der Waals surface area contributed by atoms with Gasteiger partial charge in [0.2, 0.25) is 5.91 Å². The molecule has 1 aliphatic heterocycles. The van der Waals surface area contributed by atoms with E-state index < -0.39 is 35.7 Å². The fraction of sp³-hybridized carbons (Fsp3) is 0.433. The van der Waals surface area contributed by atoms with E-state index in [1.54, 1.807) is 54.6 Å². The SMILES string of the molecule is COc1cccc(OC2CC23CCC2=C[C@H](C(O)(C(F)(F)F)C(F)(F)F)CC=C2N(C(=O)Cc2ccccc2)C3)c1. The molecule has 220 valence electrons. The van der Waals surface area contributed by atoms with Crippen LogP contribution in [0.5, 0.6) is 11.5 Å². The Labute approximate surface area is 233 Å². The quantitative estimate of drug-likeness (QED) is 0.402. The average molecular weight is 582 g/mol. The maximum absolute atomic E-state index is 13.7. The first-order valence-corrected chi connectivity index (χ1v) is 13.2. The largest absolute Gasteiger partial charge is 0.497 e. The first-order chi connectivity index (χ1) is 19.3. The molecule has 1 heterocycles. The van der Waals surface area contributed by atoms with Gasteiger partial charge in [-0.2, -0.15) is 26.3 Å². The topological polar surface area (TPSA) is 59.0 Å². The minimum Gasteiger partial charge on any atom is -0.497 e. The van der Waals surface area contributed by atoms with Crippen LogP contribution < -0.4 is 9.47 Å². The highest BCUT2D eigenvalue weighted by Crippen LogP contribution is 2.57. The van der Waals surface area contributed by atoms with Crippen molar-refractivity contribution in [3.05, 3.63) is 83.6 Å². The van der Waals surface area contributed by atoms with Crippen LogP contribution in [0, 0.1) is 11.3 Å². The van der Waals surface area contributed by atoms with Crippen molar-refractivity contribution >= 4 is 5.91 Å². The average Bonchev–Trinajstić information content (AvgIpc) is 3.64. The number of hydrogen-bond acceptors (Lipinski definition) is 4. The third-order valence-corrected chi connectivity index (χ3v) is 8.29. The number of fused-ring (bicyclic) bond motifs is 1. The van der Waals surface area contributed by atoms with E-state index >= 15 is 0 Å². The second kappa shape index (κ2) is 10.4. The van der Waals surface area contributed by atoms with Gasteiger partial charge in [-0.3, -0.25) is 4.79 Å². The minimum atomic E-state index is -5.95. The number of allylic oxidation sites excluding steroid dienone is 2. The molecule has 0 aromatic heterocycles. The number of benzene rings is 2. The van der Waals surface area contributed by atoms with Crippen molar-refractivity contribution in [2.75, 3.05) is 13.7 Å². The summed E-state index contributed by atoms with van der Waals surface area (Å²) in [6.07, 6.45) is -9.80. The minimum absolute atomic E-state index is 0.00140. The van der Waals surface area contributed by atoms with Crippen LogP contribution in [0.3, 0.4) is 0 Å². The molecule has 11 heteroatoms. The van der Waals surface area contributed by atoms with Gasteiger partial charge in [-0.15, -0.1) is 0 Å². The number of amides is 1. The van der Waals surface area contributed by atoms with Crippen molar-refractivity contribution in [1.29, 1.82) is 0 Å². The van der Waals surface area contributed by atoms with E-state index in [4.69, 9.17) is 9.47 Å². The molecular weight excluding hydrogens is 552 g/mol. The zero-order valence-corrected chi connectivity index (χ0v) is 22.1. The van der Waals surface area contributed by atoms with Gasteiger partial charge in [0.05, 0.1) is 13.5 Å². The molecule has 3 aliphatic rings. The van der Waals surface area contributed by atoms with Gasteiger partial charge in [-0.25, -0.2) is 0 Å². The van der Waals surface area contributed by atoms with Gasteiger partial charge in [0.15, 0.2) is 0 Å². The number of alkyl halides is 6. The molecule has 0 bridgehead atoms. The lowest BCUT2D eigenvalue weighted by Crippen LogP contribution is -2.61. The first kappa shape index (κ1) is 29.0. The van der Waals surface area contributed by atoms with Crippen LogP contribution in [-0.2, 0) is 11.2 Å². The second-order valence-electron chi connectivity index (χ2n) is 10.9. The third kappa shape index (κ3) is 5.43. The zero-order valence-electron chi connectivity index (χ0n) is 22.1. The molecule has 2 aliphatic carbocycles. The maximum Gasteiger partial charge on any atom is 0.426 e. The number of hydrogen-bond donors (Lipinski definition) is 1. The summed E-state index contributed by atoms with van der Waals surface area (Å²) < 4.78 is 93.5. The molecule has 2 aromatic rings. The van der Waals surface area contributed by atoms with E-state index in [9.17, 15) is 36.2 Å². The Hall–Kier alpha value is -3.47. The summed E-state index contributed by atoms with van der Waals surface area (Å²) in [6.45, 7) is 0.198. The van der Waals surface area contributed by atoms with E-state index in [1.165, 1.54) is 18.1 Å². The summed E-state index contributed by atoms with van der Waals surface area (Å²) in [5, 5.41) is 10.1. The van der Waals surface area contributed by atoms with Crippen LogP contribution in [0.4, 0.5) is 26.3 Å². The van der Waals surface area contributed by atoms with Gasteiger partial charge in [0.25, 0.3) is 5.60 Å². The summed E-state index contributed by atoms with van der Waals surface area (Å²) in [5.41, 5.74) is -4.28. The smallest absolute Gasteiger partial charge is 0.426 e. The molecule has 5 nitrogen and oxygen atoms in total. The van der Waals surface area contributed by atoms with Gasteiger partial charge in [0.1, 0.15) is 17.6 Å². The lowest BCUT2D eigenvalue weighted by molar-refractivity contribution is -0.380. The summed E-state index contributed by atoms with van der Waals surface area (Å²) in [5.74, 6) is -1.48. The van der Waals surface area contributed by atoms with Crippen LogP contribution in [-0.4, -0.2) is 53.6 Å². The number of nitrogens with zero attached hydrogens (tertiary/aromatic N) is 1. The Bertz CT molecular complexity index is 1340. The van der Waals surface area contributed by atoms with Gasteiger partial charge in [-0.05, 0) is 49.0 Å². The van der Waals surface area contributed by atoms with Gasteiger partial charge < -0.3 is 19.5 Å². The van der Waals surface area contributed by atoms with E-state index in [2.05, 4.69) is 0 Å². The number of rotatable bonds is 6. The van der Waals surface area contributed by atoms with Crippen LogP contribution in [0.25, 0.3) is 0 Å². The standard InChI is InChI=1S/C30H29F6NO4/c1-40-22-8-5-9-23(16-22)41-25-17-27(25)13-12-20-15-21(28(39,29(31,32)33)30(34,35)36)10-11-24(20)37(18-27)26(38)14-19-6-3-2-4-7-19/h2-9,11,15-16,21,25,39H,10,12-14,17-18H2,1H3/t21-,25?,27?/m1/s1. The van der Waals surface area contributed by atoms with Crippen molar-refractivity contribution in [2.45, 2.75) is 56.2 Å². The lowest BCUT2D eigenvalue weighted by Gasteiger charge is -2.39. The summed E-state index contributed by atoms with van der Waals surface area (Å²) >= 11 is 0. The van der Waals surface area contributed by atoms with Crippen LogP contribution in [0.2, 0.25) is 0 Å². The number of halogens is 6. The number of carbonyl (C=O) groups is 1.